The summed E-state index contributed by atoms with van der Waals surface area (Å²) in [5.41, 5.74) is -0.353. The average molecular weight is 481 g/mol. The molecule has 0 fully saturated rings. The van der Waals surface area contributed by atoms with Crippen molar-refractivity contribution in [2.24, 2.45) is 0 Å². The lowest BCUT2D eigenvalue weighted by Gasteiger charge is -2.13. The molecule has 1 aromatic heterocycles. The number of ether oxygens (including phenoxy) is 3. The van der Waals surface area contributed by atoms with Crippen LogP contribution in [0.5, 0.6) is 0 Å². The Kier molecular flexibility index (Phi) is 7.59. The van der Waals surface area contributed by atoms with Gasteiger partial charge in [-0.15, -0.1) is 0 Å². The van der Waals surface area contributed by atoms with Crippen LogP contribution in [0.1, 0.15) is 51.1 Å². The van der Waals surface area contributed by atoms with Crippen LogP contribution in [-0.4, -0.2) is 54.4 Å². The van der Waals surface area contributed by atoms with Gasteiger partial charge in [0.2, 0.25) is 0 Å². The van der Waals surface area contributed by atoms with Crippen LogP contribution in [0.2, 0.25) is 0 Å². The first-order valence-electron chi connectivity index (χ1n) is 10.5. The largest absolute Gasteiger partial charge is 0.465 e. The molecule has 182 valence electrons. The van der Waals surface area contributed by atoms with Gasteiger partial charge in [0.25, 0.3) is 11.5 Å². The molecule has 1 heterocycles. The van der Waals surface area contributed by atoms with Crippen LogP contribution >= 0.6 is 0 Å². The second-order valence-corrected chi connectivity index (χ2v) is 7.64. The molecule has 0 aliphatic rings. The zero-order valence-electron chi connectivity index (χ0n) is 19.5. The maximum atomic E-state index is 12.8. The highest BCUT2D eigenvalue weighted by Crippen LogP contribution is 2.18. The highest BCUT2D eigenvalue weighted by molar-refractivity contribution is 6.04. The molecule has 11 nitrogen and oxygen atoms in total. The van der Waals surface area contributed by atoms with Crippen molar-refractivity contribution in [1.29, 1.82) is 0 Å². The van der Waals surface area contributed by atoms with Crippen molar-refractivity contribution in [2.75, 3.05) is 26.1 Å². The van der Waals surface area contributed by atoms with Gasteiger partial charge in [0.15, 0.2) is 12.3 Å². The number of methoxy groups -OCH3 is 2. The van der Waals surface area contributed by atoms with Crippen molar-refractivity contribution in [3.63, 3.8) is 0 Å². The predicted molar refractivity (Wildman–Crippen MR) is 124 cm³/mol. The van der Waals surface area contributed by atoms with Crippen molar-refractivity contribution in [3.8, 4) is 0 Å². The normalized spacial score (nSPS) is 10.7. The summed E-state index contributed by atoms with van der Waals surface area (Å²) in [4.78, 5) is 61.6. The summed E-state index contributed by atoms with van der Waals surface area (Å²) in [7, 11) is 2.34. The fourth-order valence-corrected chi connectivity index (χ4v) is 3.27. The summed E-state index contributed by atoms with van der Waals surface area (Å²) in [6.07, 6.45) is 0. The number of aromatic nitrogens is 2. The number of hydrogen-bond donors (Lipinski definition) is 1. The number of nitrogens with one attached hydrogen (secondary N) is 1. The third kappa shape index (κ3) is 5.52. The van der Waals surface area contributed by atoms with Crippen LogP contribution in [0.3, 0.4) is 0 Å². The summed E-state index contributed by atoms with van der Waals surface area (Å²) >= 11 is 0. The van der Waals surface area contributed by atoms with E-state index in [4.69, 9.17) is 4.74 Å². The van der Waals surface area contributed by atoms with E-state index in [0.717, 1.165) is 0 Å². The third-order valence-electron chi connectivity index (χ3n) is 4.90. The molecule has 0 atom stereocenters. The Hall–Kier alpha value is -4.54. The Labute approximate surface area is 199 Å². The fourth-order valence-electron chi connectivity index (χ4n) is 3.27. The number of esters is 3. The number of benzene rings is 2. The van der Waals surface area contributed by atoms with Crippen LogP contribution in [-0.2, 0) is 19.0 Å². The first kappa shape index (κ1) is 25.1. The molecule has 0 aliphatic heterocycles. The average Bonchev–Trinajstić information content (AvgIpc) is 2.86. The molecule has 0 spiro atoms. The zero-order chi connectivity index (χ0) is 25.7. The zero-order valence-corrected chi connectivity index (χ0v) is 19.5. The number of fused-ring (bicyclic) bond motifs is 1. The number of carbonyl (C=O) groups is 4. The van der Waals surface area contributed by atoms with E-state index in [-0.39, 0.29) is 34.1 Å². The molecule has 2 aromatic carbocycles. The lowest BCUT2D eigenvalue weighted by molar-refractivity contribution is -0.119. The van der Waals surface area contributed by atoms with Crippen LogP contribution in [0, 0.1) is 0 Å². The molecular formula is C24H23N3O8. The number of hydrogen-bond acceptors (Lipinski definition) is 9. The number of carbonyl (C=O) groups excluding carboxylic acids is 4. The van der Waals surface area contributed by atoms with Gasteiger partial charge in [0.05, 0.1) is 36.8 Å². The first-order valence-corrected chi connectivity index (χ1v) is 10.5. The van der Waals surface area contributed by atoms with E-state index in [1.54, 1.807) is 38.1 Å². The molecule has 1 amide bonds. The van der Waals surface area contributed by atoms with Crippen molar-refractivity contribution < 1.29 is 33.4 Å². The van der Waals surface area contributed by atoms with Crippen LogP contribution in [0.15, 0.2) is 47.3 Å². The van der Waals surface area contributed by atoms with E-state index >= 15 is 0 Å². The second-order valence-electron chi connectivity index (χ2n) is 7.64. The van der Waals surface area contributed by atoms with E-state index in [9.17, 15) is 24.0 Å². The van der Waals surface area contributed by atoms with Gasteiger partial charge in [-0.05, 0) is 38.1 Å². The third-order valence-corrected chi connectivity index (χ3v) is 4.90. The van der Waals surface area contributed by atoms with Gasteiger partial charge in [0.1, 0.15) is 0 Å². The fraction of sp³-hybridized carbons (Fsp3) is 0.250. The molecular weight excluding hydrogens is 458 g/mol. The molecule has 0 aliphatic carbocycles. The van der Waals surface area contributed by atoms with E-state index in [0.29, 0.717) is 10.8 Å². The number of nitrogens with zero attached hydrogens (tertiary/aromatic N) is 2. The summed E-state index contributed by atoms with van der Waals surface area (Å²) < 4.78 is 15.6. The minimum atomic E-state index is -0.899. The Morgan fingerprint density at radius 3 is 2.03 bits per heavy atom. The monoisotopic (exact) mass is 481 g/mol. The molecule has 0 unspecified atom stereocenters. The number of rotatable bonds is 7. The topological polar surface area (TPSA) is 143 Å². The minimum absolute atomic E-state index is 0.00862. The van der Waals surface area contributed by atoms with Gasteiger partial charge in [-0.3, -0.25) is 9.59 Å². The Morgan fingerprint density at radius 2 is 1.49 bits per heavy atom. The smallest absolute Gasteiger partial charge is 0.359 e. The van der Waals surface area contributed by atoms with Crippen molar-refractivity contribution in [1.82, 2.24) is 9.78 Å². The summed E-state index contributed by atoms with van der Waals surface area (Å²) in [6.45, 7) is 2.80. The van der Waals surface area contributed by atoms with Gasteiger partial charge >= 0.3 is 17.9 Å². The Morgan fingerprint density at radius 1 is 0.914 bits per heavy atom. The molecule has 3 rings (SSSR count). The van der Waals surface area contributed by atoms with Crippen LogP contribution in [0.25, 0.3) is 10.8 Å². The molecule has 11 heteroatoms. The quantitative estimate of drug-likeness (QED) is 0.397. The summed E-state index contributed by atoms with van der Waals surface area (Å²) in [5, 5.41) is 7.19. The van der Waals surface area contributed by atoms with Crippen molar-refractivity contribution >= 4 is 40.3 Å². The highest BCUT2D eigenvalue weighted by Gasteiger charge is 2.20. The lowest BCUT2D eigenvalue weighted by atomic mass is 10.1. The van der Waals surface area contributed by atoms with Crippen molar-refractivity contribution in [3.05, 3.63) is 69.6 Å². The molecule has 1 N–H and O–H groups in total. The second kappa shape index (κ2) is 10.6. The van der Waals surface area contributed by atoms with Gasteiger partial charge in [-0.25, -0.2) is 19.1 Å². The van der Waals surface area contributed by atoms with Gasteiger partial charge < -0.3 is 19.5 Å². The van der Waals surface area contributed by atoms with Gasteiger partial charge in [-0.2, -0.15) is 5.10 Å². The lowest BCUT2D eigenvalue weighted by Crippen LogP contribution is -2.28. The standard InChI is InChI=1S/C24H23N3O8/c1-13(2)27-21(29)18-8-6-5-7-17(18)20(26-27)24(32)35-12-19(28)25-16-10-14(22(30)33-3)9-15(11-16)23(31)34-4/h5-11,13H,12H2,1-4H3,(H,25,28). The van der Waals surface area contributed by atoms with Crippen molar-refractivity contribution in [2.45, 2.75) is 19.9 Å². The SMILES string of the molecule is COC(=O)c1cc(NC(=O)COC(=O)c2nn(C(C)C)c(=O)c3ccccc23)cc(C(=O)OC)c1. The molecule has 0 bridgehead atoms. The van der Waals surface area contributed by atoms with E-state index in [2.05, 4.69) is 19.9 Å². The van der Waals surface area contributed by atoms with E-state index in [1.807, 2.05) is 0 Å². The number of anilines is 1. The predicted octanol–water partition coefficient (Wildman–Crippen LogP) is 2.35. The number of amides is 1. The molecule has 0 saturated carbocycles. The van der Waals surface area contributed by atoms with Gasteiger partial charge in [-0.1, -0.05) is 18.2 Å². The Bertz CT molecular complexity index is 1340. The molecule has 0 saturated heterocycles. The Balaban J connectivity index is 1.81. The van der Waals surface area contributed by atoms with E-state index < -0.39 is 30.4 Å². The minimum Gasteiger partial charge on any atom is -0.465 e. The molecule has 0 radical (unpaired) electrons. The summed E-state index contributed by atoms with van der Waals surface area (Å²) in [5.74, 6) is -3.09. The molecule has 35 heavy (non-hydrogen) atoms. The van der Waals surface area contributed by atoms with Gasteiger partial charge in [0, 0.05) is 11.1 Å². The maximum absolute atomic E-state index is 12.8. The van der Waals surface area contributed by atoms with Crippen LogP contribution < -0.4 is 10.9 Å². The highest BCUT2D eigenvalue weighted by atomic mass is 16.5. The van der Waals surface area contributed by atoms with E-state index in [1.165, 1.54) is 37.1 Å². The molecule has 3 aromatic rings. The summed E-state index contributed by atoms with van der Waals surface area (Å²) in [6, 6.07) is 10.0. The first-order chi connectivity index (χ1) is 16.7. The maximum Gasteiger partial charge on any atom is 0.359 e. The van der Waals surface area contributed by atoms with Crippen LogP contribution in [0.4, 0.5) is 5.69 Å².